The van der Waals surface area contributed by atoms with Gasteiger partial charge < -0.3 is 20.1 Å². The Bertz CT molecular complexity index is 875. The van der Waals surface area contributed by atoms with Crippen molar-refractivity contribution in [1.82, 2.24) is 10.2 Å². The summed E-state index contributed by atoms with van der Waals surface area (Å²) in [6, 6.07) is 15.3. The number of likely N-dealkylation sites (tertiary alicyclic amines) is 1. The molecule has 2 aromatic rings. The number of rotatable bonds is 6. The number of ether oxygens (including phenoxy) is 1. The quantitative estimate of drug-likeness (QED) is 0.762. The topological polar surface area (TPSA) is 78.9 Å². The minimum atomic E-state index is -1.04. The zero-order chi connectivity index (χ0) is 21.1. The molecule has 4 rings (SSSR count). The SMILES string of the molecule is CC1CCN(C[C@H](NC(=O)OCC2c3ccccc3-c3ccccc32)C(=O)O)CC1. The van der Waals surface area contributed by atoms with E-state index in [9.17, 15) is 14.7 Å². The number of amides is 1. The van der Waals surface area contributed by atoms with Gasteiger partial charge in [0.2, 0.25) is 0 Å². The monoisotopic (exact) mass is 408 g/mol. The third-order valence-corrected chi connectivity index (χ3v) is 6.25. The van der Waals surface area contributed by atoms with E-state index in [1.807, 2.05) is 24.3 Å². The number of carbonyl (C=O) groups is 2. The number of carboxylic acids is 1. The second kappa shape index (κ2) is 8.88. The van der Waals surface area contributed by atoms with Gasteiger partial charge in [-0.25, -0.2) is 9.59 Å². The summed E-state index contributed by atoms with van der Waals surface area (Å²) >= 11 is 0. The molecule has 158 valence electrons. The average Bonchev–Trinajstić information content (AvgIpc) is 3.07. The van der Waals surface area contributed by atoms with Gasteiger partial charge in [0.05, 0.1) is 0 Å². The number of carbonyl (C=O) groups excluding carboxylic acids is 1. The molecule has 1 aliphatic carbocycles. The molecular formula is C24H28N2O4. The van der Waals surface area contributed by atoms with E-state index in [1.54, 1.807) is 0 Å². The Labute approximate surface area is 176 Å². The molecule has 1 saturated heterocycles. The molecule has 30 heavy (non-hydrogen) atoms. The van der Waals surface area contributed by atoms with Crippen LogP contribution in [0, 0.1) is 5.92 Å². The molecular weight excluding hydrogens is 380 g/mol. The Kier molecular flexibility index (Phi) is 6.04. The van der Waals surface area contributed by atoms with Crippen molar-refractivity contribution < 1.29 is 19.4 Å². The van der Waals surface area contributed by atoms with Gasteiger partial charge >= 0.3 is 12.1 Å². The number of nitrogens with one attached hydrogen (secondary N) is 1. The van der Waals surface area contributed by atoms with Crippen LogP contribution in [0.15, 0.2) is 48.5 Å². The highest BCUT2D eigenvalue weighted by molar-refractivity contribution is 5.81. The first-order valence-electron chi connectivity index (χ1n) is 10.6. The molecule has 2 aliphatic rings. The van der Waals surface area contributed by atoms with E-state index in [2.05, 4.69) is 41.4 Å². The van der Waals surface area contributed by atoms with Crippen molar-refractivity contribution in [1.29, 1.82) is 0 Å². The predicted octanol–water partition coefficient (Wildman–Crippen LogP) is 3.71. The first-order valence-corrected chi connectivity index (χ1v) is 10.6. The zero-order valence-corrected chi connectivity index (χ0v) is 17.2. The number of fused-ring (bicyclic) bond motifs is 3. The van der Waals surface area contributed by atoms with E-state index in [0.717, 1.165) is 48.2 Å². The van der Waals surface area contributed by atoms with Gasteiger partial charge in [-0.15, -0.1) is 0 Å². The highest BCUT2D eigenvalue weighted by Gasteiger charge is 2.30. The largest absolute Gasteiger partial charge is 0.480 e. The summed E-state index contributed by atoms with van der Waals surface area (Å²) in [6.45, 7) is 4.40. The molecule has 0 spiro atoms. The fourth-order valence-corrected chi connectivity index (χ4v) is 4.47. The average molecular weight is 408 g/mol. The molecule has 6 nitrogen and oxygen atoms in total. The molecule has 0 radical (unpaired) electrons. The summed E-state index contributed by atoms with van der Waals surface area (Å²) in [4.78, 5) is 26.2. The maximum Gasteiger partial charge on any atom is 0.407 e. The molecule has 1 amide bonds. The molecule has 2 aromatic carbocycles. The Morgan fingerprint density at radius 1 is 1.07 bits per heavy atom. The van der Waals surface area contributed by atoms with Gasteiger partial charge in [-0.05, 0) is 54.1 Å². The zero-order valence-electron chi connectivity index (χ0n) is 17.2. The maximum absolute atomic E-state index is 12.4. The summed E-state index contributed by atoms with van der Waals surface area (Å²) in [7, 11) is 0. The van der Waals surface area contributed by atoms with Crippen LogP contribution in [0.1, 0.15) is 36.8 Å². The van der Waals surface area contributed by atoms with E-state index in [1.165, 1.54) is 0 Å². The molecule has 0 bridgehead atoms. The Balaban J connectivity index is 1.37. The Hall–Kier alpha value is -2.86. The van der Waals surface area contributed by atoms with Gasteiger partial charge in [0.1, 0.15) is 12.6 Å². The highest BCUT2D eigenvalue weighted by atomic mass is 16.5. The van der Waals surface area contributed by atoms with Crippen LogP contribution in [0.2, 0.25) is 0 Å². The molecule has 0 saturated carbocycles. The van der Waals surface area contributed by atoms with Crippen LogP contribution in [0.4, 0.5) is 4.79 Å². The lowest BCUT2D eigenvalue weighted by Gasteiger charge is -2.32. The molecule has 2 N–H and O–H groups in total. The van der Waals surface area contributed by atoms with Crippen LogP contribution >= 0.6 is 0 Å². The smallest absolute Gasteiger partial charge is 0.407 e. The van der Waals surface area contributed by atoms with Crippen LogP contribution in [-0.2, 0) is 9.53 Å². The van der Waals surface area contributed by atoms with Crippen LogP contribution in [0.5, 0.6) is 0 Å². The van der Waals surface area contributed by atoms with E-state index >= 15 is 0 Å². The normalized spacial score (nSPS) is 17.8. The van der Waals surface area contributed by atoms with E-state index in [0.29, 0.717) is 12.5 Å². The van der Waals surface area contributed by atoms with Gasteiger partial charge in [0, 0.05) is 12.5 Å². The lowest BCUT2D eigenvalue weighted by molar-refractivity contribution is -0.140. The molecule has 1 fully saturated rings. The molecule has 0 unspecified atom stereocenters. The maximum atomic E-state index is 12.4. The van der Waals surface area contributed by atoms with Crippen molar-refractivity contribution in [3.63, 3.8) is 0 Å². The van der Waals surface area contributed by atoms with Crippen LogP contribution in [0.3, 0.4) is 0 Å². The van der Waals surface area contributed by atoms with Crippen molar-refractivity contribution in [3.05, 3.63) is 59.7 Å². The second-order valence-electron chi connectivity index (χ2n) is 8.34. The van der Waals surface area contributed by atoms with Gasteiger partial charge in [0.15, 0.2) is 0 Å². The number of hydrogen-bond acceptors (Lipinski definition) is 4. The summed E-state index contributed by atoms with van der Waals surface area (Å²) in [5, 5.41) is 12.1. The van der Waals surface area contributed by atoms with E-state index in [-0.39, 0.29) is 12.5 Å². The van der Waals surface area contributed by atoms with Crippen molar-refractivity contribution in [3.8, 4) is 11.1 Å². The first-order chi connectivity index (χ1) is 14.5. The molecule has 6 heteroatoms. The van der Waals surface area contributed by atoms with Crippen LogP contribution in [-0.4, -0.2) is 54.4 Å². The minimum absolute atomic E-state index is 0.0463. The van der Waals surface area contributed by atoms with Gasteiger partial charge in [-0.2, -0.15) is 0 Å². The van der Waals surface area contributed by atoms with Crippen molar-refractivity contribution in [2.45, 2.75) is 31.7 Å². The van der Waals surface area contributed by atoms with E-state index < -0.39 is 18.1 Å². The summed E-state index contributed by atoms with van der Waals surface area (Å²) in [5.74, 6) is -0.420. The lowest BCUT2D eigenvalue weighted by Crippen LogP contribution is -2.50. The Morgan fingerprint density at radius 3 is 2.20 bits per heavy atom. The lowest BCUT2D eigenvalue weighted by atomic mass is 9.98. The number of carboxylic acid groups (broad SMARTS) is 1. The predicted molar refractivity (Wildman–Crippen MR) is 114 cm³/mol. The van der Waals surface area contributed by atoms with Crippen LogP contribution < -0.4 is 5.32 Å². The molecule has 0 aromatic heterocycles. The standard InChI is InChI=1S/C24H28N2O4/c1-16-10-12-26(13-11-16)14-22(23(27)28)25-24(29)30-15-21-19-8-4-2-6-17(19)18-7-3-5-9-20(18)21/h2-9,16,21-22H,10-15H2,1H3,(H,25,29)(H,27,28)/t22-/m0/s1. The third kappa shape index (κ3) is 4.33. The van der Waals surface area contributed by atoms with Gasteiger partial charge in [-0.1, -0.05) is 55.5 Å². The van der Waals surface area contributed by atoms with Crippen molar-refractivity contribution in [2.75, 3.05) is 26.2 Å². The first kappa shape index (κ1) is 20.4. The van der Waals surface area contributed by atoms with Crippen molar-refractivity contribution in [2.24, 2.45) is 5.92 Å². The summed E-state index contributed by atoms with van der Waals surface area (Å²) in [6.07, 6.45) is 1.42. The fourth-order valence-electron chi connectivity index (χ4n) is 4.47. The number of benzene rings is 2. The minimum Gasteiger partial charge on any atom is -0.480 e. The number of hydrogen-bond donors (Lipinski definition) is 2. The fraction of sp³-hybridized carbons (Fsp3) is 0.417. The van der Waals surface area contributed by atoms with Crippen LogP contribution in [0.25, 0.3) is 11.1 Å². The highest BCUT2D eigenvalue weighted by Crippen LogP contribution is 2.44. The Morgan fingerprint density at radius 2 is 1.63 bits per heavy atom. The van der Waals surface area contributed by atoms with Gasteiger partial charge in [0.25, 0.3) is 0 Å². The molecule has 1 aliphatic heterocycles. The molecule has 1 heterocycles. The number of nitrogens with zero attached hydrogens (tertiary/aromatic N) is 1. The second-order valence-corrected chi connectivity index (χ2v) is 8.34. The van der Waals surface area contributed by atoms with E-state index in [4.69, 9.17) is 4.74 Å². The van der Waals surface area contributed by atoms with Crippen molar-refractivity contribution >= 4 is 12.1 Å². The summed E-state index contributed by atoms with van der Waals surface area (Å²) < 4.78 is 5.49. The number of alkyl carbamates (subject to hydrolysis) is 1. The number of piperidine rings is 1. The number of aliphatic carboxylic acids is 1. The molecule has 1 atom stereocenters. The third-order valence-electron chi connectivity index (χ3n) is 6.25. The van der Waals surface area contributed by atoms with Gasteiger partial charge in [-0.3, -0.25) is 0 Å². The summed E-state index contributed by atoms with van der Waals surface area (Å²) in [5.41, 5.74) is 4.57.